The number of rotatable bonds is 9. The number of hydrogen-bond donors (Lipinski definition) is 3. The molecular weight excluding hydrogens is 475 g/mol. The largest absolute Gasteiger partial charge is 0.504 e. The molecular formula is C19H29IN4O2S. The van der Waals surface area contributed by atoms with E-state index in [9.17, 15) is 5.11 Å². The van der Waals surface area contributed by atoms with E-state index in [0.717, 1.165) is 35.9 Å². The zero-order chi connectivity index (χ0) is 18.8. The van der Waals surface area contributed by atoms with Crippen LogP contribution in [0.2, 0.25) is 0 Å². The van der Waals surface area contributed by atoms with Gasteiger partial charge in [-0.2, -0.15) is 0 Å². The Morgan fingerprint density at radius 1 is 1.26 bits per heavy atom. The molecule has 8 heteroatoms. The van der Waals surface area contributed by atoms with Crippen molar-refractivity contribution in [1.29, 1.82) is 0 Å². The van der Waals surface area contributed by atoms with Crippen LogP contribution < -0.4 is 15.4 Å². The summed E-state index contributed by atoms with van der Waals surface area (Å²) in [5.41, 5.74) is 0.850. The number of phenolic OH excluding ortho intramolecular Hbond substituents is 1. The third-order valence-corrected chi connectivity index (χ3v) is 5.08. The Balaban J connectivity index is 0.00000364. The van der Waals surface area contributed by atoms with Gasteiger partial charge in [-0.3, -0.25) is 4.99 Å². The van der Waals surface area contributed by atoms with E-state index in [1.54, 1.807) is 24.5 Å². The van der Waals surface area contributed by atoms with Crippen LogP contribution in [0.1, 0.15) is 29.3 Å². The summed E-state index contributed by atoms with van der Waals surface area (Å²) in [6, 6.07) is 5.53. The predicted molar refractivity (Wildman–Crippen MR) is 123 cm³/mol. The highest BCUT2D eigenvalue weighted by atomic mass is 127. The van der Waals surface area contributed by atoms with Crippen molar-refractivity contribution in [3.63, 3.8) is 0 Å². The molecule has 0 aliphatic rings. The third-order valence-electron chi connectivity index (χ3n) is 3.88. The molecule has 1 heterocycles. The Hall–Kier alpha value is -1.55. The Kier molecular flexibility index (Phi) is 11.1. The quantitative estimate of drug-likeness (QED) is 0.277. The highest BCUT2D eigenvalue weighted by Gasteiger charge is 2.07. The molecule has 0 saturated heterocycles. The van der Waals surface area contributed by atoms with Gasteiger partial charge < -0.3 is 20.5 Å². The molecule has 0 saturated carbocycles. The van der Waals surface area contributed by atoms with Crippen LogP contribution in [-0.4, -0.2) is 42.8 Å². The molecule has 2 aromatic rings. The van der Waals surface area contributed by atoms with Gasteiger partial charge in [0.15, 0.2) is 17.5 Å². The maximum absolute atomic E-state index is 10.1. The van der Waals surface area contributed by atoms with Crippen molar-refractivity contribution < 1.29 is 9.84 Å². The zero-order valence-electron chi connectivity index (χ0n) is 16.1. The standard InChI is InChI=1S/C19H28N4O2S.HI/c1-4-15-13-23-17(26-15)10-12-22-19(20-5-2)21-11-9-14-7-6-8-16(25-3)18(14)24;/h6-8,13,24H,4-5,9-12H2,1-3H3,(H2,20,21,22);1H. The second kappa shape index (κ2) is 12.8. The van der Waals surface area contributed by atoms with Crippen molar-refractivity contribution in [3.8, 4) is 11.5 Å². The van der Waals surface area contributed by atoms with Crippen molar-refractivity contribution in [3.05, 3.63) is 39.8 Å². The van der Waals surface area contributed by atoms with Crippen LogP contribution in [0, 0.1) is 0 Å². The minimum atomic E-state index is 0. The summed E-state index contributed by atoms with van der Waals surface area (Å²) in [7, 11) is 1.55. The molecule has 0 fully saturated rings. The molecule has 0 spiro atoms. The van der Waals surface area contributed by atoms with Crippen molar-refractivity contribution in [2.75, 3.05) is 26.7 Å². The lowest BCUT2D eigenvalue weighted by Crippen LogP contribution is -2.38. The Morgan fingerprint density at radius 2 is 2.07 bits per heavy atom. The van der Waals surface area contributed by atoms with Gasteiger partial charge in [0.25, 0.3) is 0 Å². The number of aromatic hydroxyl groups is 1. The molecule has 27 heavy (non-hydrogen) atoms. The average Bonchev–Trinajstić information content (AvgIpc) is 3.11. The zero-order valence-corrected chi connectivity index (χ0v) is 19.3. The molecule has 0 aliphatic heterocycles. The number of methoxy groups -OCH3 is 1. The fraction of sp³-hybridized carbons (Fsp3) is 0.474. The molecule has 0 atom stereocenters. The average molecular weight is 504 g/mol. The summed E-state index contributed by atoms with van der Waals surface area (Å²) in [4.78, 5) is 10.3. The van der Waals surface area contributed by atoms with Crippen LogP contribution in [0.3, 0.4) is 0 Å². The number of nitrogens with one attached hydrogen (secondary N) is 2. The monoisotopic (exact) mass is 504 g/mol. The lowest BCUT2D eigenvalue weighted by atomic mass is 10.1. The van der Waals surface area contributed by atoms with E-state index < -0.39 is 0 Å². The van der Waals surface area contributed by atoms with Gasteiger partial charge in [0.2, 0.25) is 0 Å². The summed E-state index contributed by atoms with van der Waals surface area (Å²) in [5, 5.41) is 17.8. The summed E-state index contributed by atoms with van der Waals surface area (Å²) in [6.07, 6.45) is 4.51. The first-order valence-electron chi connectivity index (χ1n) is 8.98. The number of halogens is 1. The second-order valence-corrected chi connectivity index (χ2v) is 6.93. The number of benzene rings is 1. The number of aryl methyl sites for hydroxylation is 1. The fourth-order valence-corrected chi connectivity index (χ4v) is 3.33. The van der Waals surface area contributed by atoms with Crippen LogP contribution in [0.25, 0.3) is 0 Å². The molecule has 0 radical (unpaired) electrons. The first-order chi connectivity index (χ1) is 12.7. The Labute approximate surface area is 182 Å². The lowest BCUT2D eigenvalue weighted by Gasteiger charge is -2.12. The smallest absolute Gasteiger partial charge is 0.191 e. The first kappa shape index (κ1) is 23.5. The fourth-order valence-electron chi connectivity index (χ4n) is 2.48. The van der Waals surface area contributed by atoms with E-state index in [4.69, 9.17) is 4.74 Å². The minimum Gasteiger partial charge on any atom is -0.504 e. The van der Waals surface area contributed by atoms with Crippen LogP contribution in [0.5, 0.6) is 11.5 Å². The number of hydrogen-bond acceptors (Lipinski definition) is 5. The second-order valence-electron chi connectivity index (χ2n) is 5.73. The van der Waals surface area contributed by atoms with Crippen LogP contribution in [0.4, 0.5) is 0 Å². The van der Waals surface area contributed by atoms with E-state index >= 15 is 0 Å². The molecule has 2 rings (SSSR count). The summed E-state index contributed by atoms with van der Waals surface area (Å²) in [6.45, 7) is 6.34. The molecule has 0 aliphatic carbocycles. The van der Waals surface area contributed by atoms with Gasteiger partial charge >= 0.3 is 0 Å². The van der Waals surface area contributed by atoms with E-state index in [0.29, 0.717) is 25.3 Å². The van der Waals surface area contributed by atoms with Gasteiger partial charge in [0, 0.05) is 37.1 Å². The maximum atomic E-state index is 10.1. The summed E-state index contributed by atoms with van der Waals surface area (Å²) in [5.74, 6) is 1.48. The topological polar surface area (TPSA) is 78.8 Å². The maximum Gasteiger partial charge on any atom is 0.191 e. The van der Waals surface area contributed by atoms with E-state index in [1.807, 2.05) is 25.3 Å². The molecule has 3 N–H and O–H groups in total. The lowest BCUT2D eigenvalue weighted by molar-refractivity contribution is 0.370. The van der Waals surface area contributed by atoms with Crippen LogP contribution >= 0.6 is 35.3 Å². The van der Waals surface area contributed by atoms with Crippen LogP contribution in [-0.2, 0) is 19.3 Å². The third kappa shape index (κ3) is 7.53. The molecule has 150 valence electrons. The summed E-state index contributed by atoms with van der Waals surface area (Å²) < 4.78 is 5.15. The predicted octanol–water partition coefficient (Wildman–Crippen LogP) is 3.38. The van der Waals surface area contributed by atoms with Gasteiger partial charge in [-0.05, 0) is 31.4 Å². The molecule has 1 aromatic carbocycles. The minimum absolute atomic E-state index is 0. The number of nitrogens with zero attached hydrogens (tertiary/aromatic N) is 2. The number of aromatic nitrogens is 1. The number of ether oxygens (including phenoxy) is 1. The van der Waals surface area contributed by atoms with Gasteiger partial charge in [0.05, 0.1) is 12.1 Å². The highest BCUT2D eigenvalue weighted by molar-refractivity contribution is 14.0. The number of phenols is 1. The Morgan fingerprint density at radius 3 is 2.74 bits per heavy atom. The van der Waals surface area contributed by atoms with Gasteiger partial charge in [0.1, 0.15) is 0 Å². The van der Waals surface area contributed by atoms with Crippen molar-refractivity contribution in [2.24, 2.45) is 4.99 Å². The van der Waals surface area contributed by atoms with E-state index in [1.165, 1.54) is 4.88 Å². The molecule has 0 amide bonds. The molecule has 1 aromatic heterocycles. The Bertz CT molecular complexity index is 721. The number of para-hydroxylation sites is 1. The SMILES string of the molecule is CCNC(=NCCc1ncc(CC)s1)NCCc1cccc(OC)c1O.I. The first-order valence-corrected chi connectivity index (χ1v) is 9.80. The van der Waals surface area contributed by atoms with Gasteiger partial charge in [-0.15, -0.1) is 35.3 Å². The number of thiazole rings is 1. The van der Waals surface area contributed by atoms with E-state index in [2.05, 4.69) is 27.5 Å². The van der Waals surface area contributed by atoms with Crippen LogP contribution in [0.15, 0.2) is 29.4 Å². The molecule has 0 bridgehead atoms. The van der Waals surface area contributed by atoms with Gasteiger partial charge in [-0.25, -0.2) is 4.98 Å². The summed E-state index contributed by atoms with van der Waals surface area (Å²) >= 11 is 1.76. The van der Waals surface area contributed by atoms with Crippen molar-refractivity contribution >= 4 is 41.3 Å². The number of aliphatic imine (C=N–C) groups is 1. The number of guanidine groups is 1. The van der Waals surface area contributed by atoms with Crippen molar-refractivity contribution in [2.45, 2.75) is 33.1 Å². The highest BCUT2D eigenvalue weighted by Crippen LogP contribution is 2.29. The normalized spacial score (nSPS) is 11.0. The van der Waals surface area contributed by atoms with Crippen molar-refractivity contribution in [1.82, 2.24) is 15.6 Å². The molecule has 0 unspecified atom stereocenters. The molecule has 6 nitrogen and oxygen atoms in total. The van der Waals surface area contributed by atoms with Gasteiger partial charge in [-0.1, -0.05) is 19.1 Å². The van der Waals surface area contributed by atoms with E-state index in [-0.39, 0.29) is 29.7 Å².